The highest BCUT2D eigenvalue weighted by Gasteiger charge is 2.20. The number of carbonyl (C=O) groups is 2. The van der Waals surface area contributed by atoms with Crippen molar-refractivity contribution in [3.8, 4) is 0 Å². The molecule has 0 spiro atoms. The number of ether oxygens (including phenoxy) is 1. The Morgan fingerprint density at radius 1 is 1.04 bits per heavy atom. The number of hydrogen-bond donors (Lipinski definition) is 1. The zero-order valence-corrected chi connectivity index (χ0v) is 17.1. The second kappa shape index (κ2) is 9.57. The summed E-state index contributed by atoms with van der Waals surface area (Å²) in [6.45, 7) is 4.24. The van der Waals surface area contributed by atoms with Crippen LogP contribution in [0, 0.1) is 0 Å². The van der Waals surface area contributed by atoms with Gasteiger partial charge in [0.1, 0.15) is 0 Å². The van der Waals surface area contributed by atoms with Gasteiger partial charge >= 0.3 is 5.97 Å². The number of likely N-dealkylation sites (N-methyl/N-ethyl adjacent to an activating group) is 1. The molecule has 2 aromatic rings. The molecule has 0 atom stereocenters. The number of nitrogens with zero attached hydrogens (tertiary/aromatic N) is 1. The molecule has 0 radical (unpaired) electrons. The number of anilines is 1. The average Bonchev–Trinajstić information content (AvgIpc) is 2.67. The molecule has 0 aliphatic rings. The van der Waals surface area contributed by atoms with E-state index in [0.29, 0.717) is 18.1 Å². The Kier molecular flexibility index (Phi) is 7.42. The Labute approximate surface area is 169 Å². The van der Waals surface area contributed by atoms with Crippen LogP contribution in [-0.2, 0) is 19.6 Å². The van der Waals surface area contributed by atoms with Crippen LogP contribution in [0.1, 0.15) is 24.2 Å². The van der Waals surface area contributed by atoms with Crippen LogP contribution in [0.2, 0.25) is 5.02 Å². The Balaban J connectivity index is 2.17. The normalized spacial score (nSPS) is 11.0. The van der Waals surface area contributed by atoms with E-state index in [1.807, 2.05) is 13.8 Å². The third kappa shape index (κ3) is 5.46. The fourth-order valence-corrected chi connectivity index (χ4v) is 3.65. The first-order valence-electron chi connectivity index (χ1n) is 8.60. The zero-order chi connectivity index (χ0) is 20.7. The summed E-state index contributed by atoms with van der Waals surface area (Å²) in [6.07, 6.45) is 0. The number of amides is 1. The molecule has 0 unspecified atom stereocenters. The predicted octanol–water partition coefficient (Wildman–Crippen LogP) is 3.17. The summed E-state index contributed by atoms with van der Waals surface area (Å²) in [4.78, 5) is 25.9. The first-order valence-corrected chi connectivity index (χ1v) is 10.5. The summed E-state index contributed by atoms with van der Waals surface area (Å²) in [5.41, 5.74) is 0.0603. The molecule has 2 aromatic carbocycles. The third-order valence-electron chi connectivity index (χ3n) is 3.96. The van der Waals surface area contributed by atoms with Crippen LogP contribution in [-0.4, -0.2) is 44.9 Å². The summed E-state index contributed by atoms with van der Waals surface area (Å²) in [5.74, 6) is -1.12. The van der Waals surface area contributed by atoms with Gasteiger partial charge in [-0.15, -0.1) is 0 Å². The van der Waals surface area contributed by atoms with Gasteiger partial charge in [-0.05, 0) is 50.2 Å². The number of carbonyl (C=O) groups excluding carboxylic acids is 2. The molecule has 0 heterocycles. The number of benzene rings is 2. The average molecular weight is 425 g/mol. The SMILES string of the molecule is CCN(CC)C(=O)COC(=O)c1ccccc1NS(=O)(=O)c1ccc(Cl)cc1. The van der Waals surface area contributed by atoms with Crippen molar-refractivity contribution >= 4 is 39.2 Å². The van der Waals surface area contributed by atoms with Crippen molar-refractivity contribution in [3.63, 3.8) is 0 Å². The molecule has 0 aliphatic heterocycles. The van der Waals surface area contributed by atoms with E-state index < -0.39 is 22.6 Å². The lowest BCUT2D eigenvalue weighted by Gasteiger charge is -2.18. The Hall–Kier alpha value is -2.58. The first-order chi connectivity index (χ1) is 13.3. The highest BCUT2D eigenvalue weighted by Crippen LogP contribution is 2.22. The summed E-state index contributed by atoms with van der Waals surface area (Å²) in [7, 11) is -3.93. The summed E-state index contributed by atoms with van der Waals surface area (Å²) in [5, 5.41) is 0.404. The molecule has 2 rings (SSSR count). The monoisotopic (exact) mass is 424 g/mol. The fraction of sp³-hybridized carbons (Fsp3) is 0.263. The van der Waals surface area contributed by atoms with Crippen LogP contribution in [0.3, 0.4) is 0 Å². The van der Waals surface area contributed by atoms with Gasteiger partial charge in [0.25, 0.3) is 15.9 Å². The molecule has 7 nitrogen and oxygen atoms in total. The molecular weight excluding hydrogens is 404 g/mol. The highest BCUT2D eigenvalue weighted by molar-refractivity contribution is 7.92. The highest BCUT2D eigenvalue weighted by atomic mass is 35.5. The van der Waals surface area contributed by atoms with Crippen molar-refractivity contribution in [2.24, 2.45) is 0 Å². The number of esters is 1. The van der Waals surface area contributed by atoms with Gasteiger partial charge in [-0.3, -0.25) is 9.52 Å². The first kappa shape index (κ1) is 21.7. The number of hydrogen-bond acceptors (Lipinski definition) is 5. The molecule has 0 bridgehead atoms. The fourth-order valence-electron chi connectivity index (χ4n) is 2.44. The van der Waals surface area contributed by atoms with Gasteiger partial charge in [0.2, 0.25) is 0 Å². The maximum absolute atomic E-state index is 12.6. The lowest BCUT2D eigenvalue weighted by molar-refractivity contribution is -0.134. The topological polar surface area (TPSA) is 92.8 Å². The maximum Gasteiger partial charge on any atom is 0.340 e. The Bertz CT molecular complexity index is 941. The van der Waals surface area contributed by atoms with Crippen molar-refractivity contribution in [1.29, 1.82) is 0 Å². The molecule has 0 saturated carbocycles. The van der Waals surface area contributed by atoms with E-state index >= 15 is 0 Å². The second-order valence-electron chi connectivity index (χ2n) is 5.75. The number of sulfonamides is 1. The number of rotatable bonds is 8. The molecule has 0 saturated heterocycles. The lowest BCUT2D eigenvalue weighted by Crippen LogP contribution is -2.34. The van der Waals surface area contributed by atoms with Gasteiger partial charge in [0, 0.05) is 18.1 Å². The molecule has 9 heteroatoms. The number of para-hydroxylation sites is 1. The number of nitrogens with one attached hydrogen (secondary N) is 1. The van der Waals surface area contributed by atoms with E-state index in [1.54, 1.807) is 12.1 Å². The minimum atomic E-state index is -3.93. The largest absolute Gasteiger partial charge is 0.452 e. The van der Waals surface area contributed by atoms with Gasteiger partial charge in [0.15, 0.2) is 6.61 Å². The third-order valence-corrected chi connectivity index (χ3v) is 5.59. The molecule has 0 aromatic heterocycles. The Morgan fingerprint density at radius 3 is 2.25 bits per heavy atom. The van der Waals surface area contributed by atoms with Crippen molar-refractivity contribution in [2.75, 3.05) is 24.4 Å². The van der Waals surface area contributed by atoms with Crippen LogP contribution in [0.4, 0.5) is 5.69 Å². The van der Waals surface area contributed by atoms with E-state index in [-0.39, 0.29) is 22.1 Å². The van der Waals surface area contributed by atoms with Crippen molar-refractivity contribution < 1.29 is 22.7 Å². The predicted molar refractivity (Wildman–Crippen MR) is 107 cm³/mol. The van der Waals surface area contributed by atoms with Gasteiger partial charge in [-0.1, -0.05) is 23.7 Å². The van der Waals surface area contributed by atoms with Gasteiger partial charge < -0.3 is 9.64 Å². The molecule has 1 amide bonds. The van der Waals surface area contributed by atoms with E-state index in [4.69, 9.17) is 16.3 Å². The van der Waals surface area contributed by atoms with E-state index in [1.165, 1.54) is 41.3 Å². The van der Waals surface area contributed by atoms with Crippen LogP contribution in [0.5, 0.6) is 0 Å². The van der Waals surface area contributed by atoms with Crippen LogP contribution in [0.15, 0.2) is 53.4 Å². The van der Waals surface area contributed by atoms with E-state index in [0.717, 1.165) is 0 Å². The minimum Gasteiger partial charge on any atom is -0.452 e. The molecular formula is C19H21ClN2O5S. The van der Waals surface area contributed by atoms with Crippen molar-refractivity contribution in [3.05, 3.63) is 59.1 Å². The van der Waals surface area contributed by atoms with E-state index in [9.17, 15) is 18.0 Å². The van der Waals surface area contributed by atoms with Crippen molar-refractivity contribution in [2.45, 2.75) is 18.7 Å². The molecule has 1 N–H and O–H groups in total. The summed E-state index contributed by atoms with van der Waals surface area (Å²) in [6, 6.07) is 11.6. The van der Waals surface area contributed by atoms with E-state index in [2.05, 4.69) is 4.72 Å². The molecule has 0 aliphatic carbocycles. The van der Waals surface area contributed by atoms with Crippen LogP contribution >= 0.6 is 11.6 Å². The Morgan fingerprint density at radius 2 is 1.64 bits per heavy atom. The molecule has 150 valence electrons. The maximum atomic E-state index is 12.6. The van der Waals surface area contributed by atoms with Crippen molar-refractivity contribution in [1.82, 2.24) is 4.90 Å². The molecule has 28 heavy (non-hydrogen) atoms. The zero-order valence-electron chi connectivity index (χ0n) is 15.5. The summed E-state index contributed by atoms with van der Waals surface area (Å²) >= 11 is 5.78. The summed E-state index contributed by atoms with van der Waals surface area (Å²) < 4.78 is 32.5. The second-order valence-corrected chi connectivity index (χ2v) is 7.87. The molecule has 0 fully saturated rings. The number of halogens is 1. The van der Waals surface area contributed by atoms with Gasteiger partial charge in [-0.2, -0.15) is 0 Å². The lowest BCUT2D eigenvalue weighted by atomic mass is 10.2. The van der Waals surface area contributed by atoms with Crippen LogP contribution < -0.4 is 4.72 Å². The minimum absolute atomic E-state index is 0.00298. The van der Waals surface area contributed by atoms with Crippen LogP contribution in [0.25, 0.3) is 0 Å². The quantitative estimate of drug-likeness (QED) is 0.657. The standard InChI is InChI=1S/C19H21ClN2O5S/c1-3-22(4-2)18(23)13-27-19(24)16-7-5-6-8-17(16)21-28(25,26)15-11-9-14(20)10-12-15/h5-12,21H,3-4,13H2,1-2H3. The smallest absolute Gasteiger partial charge is 0.340 e. The van der Waals surface area contributed by atoms with Gasteiger partial charge in [0.05, 0.1) is 16.1 Å². The van der Waals surface area contributed by atoms with Gasteiger partial charge in [-0.25, -0.2) is 13.2 Å².